The molecule has 1 aliphatic heterocycles. The number of amides is 1. The number of H-pyrrole nitrogens is 1. The number of pyridine rings is 1. The van der Waals surface area contributed by atoms with Crippen LogP contribution in [-0.4, -0.2) is 56.2 Å². The Bertz CT molecular complexity index is 1050. The minimum atomic E-state index is -1.41. The van der Waals surface area contributed by atoms with Crippen molar-refractivity contribution in [3.8, 4) is 0 Å². The predicted molar refractivity (Wildman–Crippen MR) is 113 cm³/mol. The SMILES string of the molecule is O=C(N[C@@H](Cc1ccccc1)[C@H](O)[N+](=O)N1CCCC1)c1cc2cc(Cl)ncc2[nH]1. The Morgan fingerprint density at radius 1 is 1.27 bits per heavy atom. The lowest BCUT2D eigenvalue weighted by Crippen LogP contribution is -2.52. The van der Waals surface area contributed by atoms with Crippen molar-refractivity contribution in [1.82, 2.24) is 20.3 Å². The number of carbonyl (C=O) groups is 1. The standard InChI is InChI=1S/C21H22ClN5O3/c22-19-12-15-11-16(24-18(15)13-23-19)20(28)25-17(10-14-6-2-1-3-7-14)21(29)27(30)26-8-4-5-9-26/h1-3,6-7,11-13,17,21,29H,4-5,8-10H2,(H-,23,24,25,28)/p+1/t17-,21-/m0/s1. The van der Waals surface area contributed by atoms with E-state index < -0.39 is 18.2 Å². The van der Waals surface area contributed by atoms with Gasteiger partial charge in [-0.2, -0.15) is 0 Å². The fraction of sp³-hybridized carbons (Fsp3) is 0.333. The van der Waals surface area contributed by atoms with Gasteiger partial charge < -0.3 is 15.4 Å². The Hall–Kier alpha value is -2.97. The first-order chi connectivity index (χ1) is 14.5. The number of hydrogen-bond acceptors (Lipinski definition) is 4. The molecule has 9 heteroatoms. The van der Waals surface area contributed by atoms with E-state index in [1.165, 1.54) is 0 Å². The van der Waals surface area contributed by atoms with Gasteiger partial charge >= 0.3 is 6.23 Å². The van der Waals surface area contributed by atoms with Crippen LogP contribution in [0, 0.1) is 4.91 Å². The van der Waals surface area contributed by atoms with Crippen molar-refractivity contribution in [3.05, 3.63) is 70.0 Å². The molecular weight excluding hydrogens is 406 g/mol. The molecule has 1 saturated heterocycles. The van der Waals surface area contributed by atoms with Gasteiger partial charge in [-0.1, -0.05) is 41.9 Å². The van der Waals surface area contributed by atoms with Gasteiger partial charge in [0.25, 0.3) is 5.91 Å². The molecule has 0 unspecified atom stereocenters. The van der Waals surface area contributed by atoms with Crippen molar-refractivity contribution in [2.45, 2.75) is 31.5 Å². The highest BCUT2D eigenvalue weighted by Gasteiger charge is 2.39. The molecule has 4 rings (SSSR count). The summed E-state index contributed by atoms with van der Waals surface area (Å²) in [7, 11) is 0. The molecule has 0 saturated carbocycles. The van der Waals surface area contributed by atoms with E-state index in [1.807, 2.05) is 30.3 Å². The van der Waals surface area contributed by atoms with Crippen molar-refractivity contribution in [1.29, 1.82) is 0 Å². The highest BCUT2D eigenvalue weighted by molar-refractivity contribution is 6.30. The smallest absolute Gasteiger partial charge is 0.349 e. The van der Waals surface area contributed by atoms with Gasteiger partial charge in [-0.25, -0.2) is 4.98 Å². The molecule has 0 spiro atoms. The molecule has 3 heterocycles. The summed E-state index contributed by atoms with van der Waals surface area (Å²) in [5, 5.41) is 16.3. The average Bonchev–Trinajstić information content (AvgIpc) is 3.42. The van der Waals surface area contributed by atoms with E-state index in [4.69, 9.17) is 11.6 Å². The number of benzene rings is 1. The molecule has 30 heavy (non-hydrogen) atoms. The molecule has 2 atom stereocenters. The zero-order valence-corrected chi connectivity index (χ0v) is 17.0. The first-order valence-electron chi connectivity index (χ1n) is 9.89. The number of hydrogen-bond donors (Lipinski definition) is 3. The van der Waals surface area contributed by atoms with E-state index in [1.54, 1.807) is 23.3 Å². The van der Waals surface area contributed by atoms with Crippen LogP contribution >= 0.6 is 11.6 Å². The van der Waals surface area contributed by atoms with Crippen LogP contribution in [0.4, 0.5) is 0 Å². The number of aromatic nitrogens is 2. The maximum atomic E-state index is 12.9. The maximum absolute atomic E-state index is 12.9. The Kier molecular flexibility index (Phi) is 5.96. The second kappa shape index (κ2) is 8.81. The van der Waals surface area contributed by atoms with Gasteiger partial charge in [-0.3, -0.25) is 4.79 Å². The van der Waals surface area contributed by atoms with Crippen molar-refractivity contribution in [2.75, 3.05) is 13.1 Å². The van der Waals surface area contributed by atoms with Gasteiger partial charge in [0.2, 0.25) is 0 Å². The van der Waals surface area contributed by atoms with E-state index in [9.17, 15) is 14.8 Å². The minimum absolute atomic E-state index is 0.304. The lowest BCUT2D eigenvalue weighted by molar-refractivity contribution is -0.761. The lowest BCUT2D eigenvalue weighted by atomic mass is 10.0. The predicted octanol–water partition coefficient (Wildman–Crippen LogP) is 2.67. The molecule has 3 N–H and O–H groups in total. The Balaban J connectivity index is 1.55. The normalized spacial score (nSPS) is 15.9. The summed E-state index contributed by atoms with van der Waals surface area (Å²) in [6.07, 6.45) is 2.28. The molecule has 1 aliphatic rings. The van der Waals surface area contributed by atoms with E-state index in [0.717, 1.165) is 23.8 Å². The number of nitrogens with one attached hydrogen (secondary N) is 2. The summed E-state index contributed by atoms with van der Waals surface area (Å²) in [4.78, 5) is 33.2. The molecule has 1 amide bonds. The van der Waals surface area contributed by atoms with Gasteiger partial charge in [0, 0.05) is 11.8 Å². The molecule has 0 radical (unpaired) electrons. The van der Waals surface area contributed by atoms with Crippen molar-refractivity contribution in [2.24, 2.45) is 0 Å². The van der Waals surface area contributed by atoms with Crippen LogP contribution in [0.15, 0.2) is 48.7 Å². The number of carbonyl (C=O) groups excluding carboxylic acids is 1. The summed E-state index contributed by atoms with van der Waals surface area (Å²) in [5.41, 5.74) is 1.88. The van der Waals surface area contributed by atoms with Crippen LogP contribution in [0.2, 0.25) is 5.15 Å². The Morgan fingerprint density at radius 3 is 2.73 bits per heavy atom. The second-order valence-electron chi connectivity index (χ2n) is 7.42. The molecule has 1 fully saturated rings. The number of aromatic amines is 1. The van der Waals surface area contributed by atoms with E-state index in [2.05, 4.69) is 15.3 Å². The largest absolute Gasteiger partial charge is 0.355 e. The Labute approximate surface area is 178 Å². The summed E-state index contributed by atoms with van der Waals surface area (Å²) in [6.45, 7) is 1.20. The van der Waals surface area contributed by atoms with Gasteiger partial charge in [0.05, 0.1) is 29.7 Å². The summed E-state index contributed by atoms with van der Waals surface area (Å²) in [6, 6.07) is 12.0. The first-order valence-corrected chi connectivity index (χ1v) is 10.3. The number of fused-ring (bicyclic) bond motifs is 1. The van der Waals surface area contributed by atoms with Crippen LogP contribution in [0.1, 0.15) is 28.9 Å². The fourth-order valence-electron chi connectivity index (χ4n) is 3.69. The van der Waals surface area contributed by atoms with Crippen LogP contribution in [0.5, 0.6) is 0 Å². The maximum Gasteiger partial charge on any atom is 0.355 e. The molecule has 0 bridgehead atoms. The van der Waals surface area contributed by atoms with Crippen LogP contribution in [0.25, 0.3) is 10.9 Å². The zero-order chi connectivity index (χ0) is 21.1. The van der Waals surface area contributed by atoms with Gasteiger partial charge in [-0.05, 0) is 30.5 Å². The van der Waals surface area contributed by atoms with Crippen molar-refractivity contribution < 1.29 is 14.8 Å². The lowest BCUT2D eigenvalue weighted by Gasteiger charge is -2.20. The Morgan fingerprint density at radius 2 is 2.00 bits per heavy atom. The third-order valence-corrected chi connectivity index (χ3v) is 5.49. The number of aliphatic hydroxyl groups excluding tert-OH is 1. The zero-order valence-electron chi connectivity index (χ0n) is 16.3. The molecule has 1 aromatic carbocycles. The second-order valence-corrected chi connectivity index (χ2v) is 7.81. The number of nitroso groups, excluding NO2 is 1. The van der Waals surface area contributed by atoms with E-state index >= 15 is 0 Å². The number of aliphatic hydroxyl groups is 1. The molecule has 156 valence electrons. The molecule has 8 nitrogen and oxygen atoms in total. The molecule has 2 aromatic heterocycles. The summed E-state index contributed by atoms with van der Waals surface area (Å²) < 4.78 is 0. The van der Waals surface area contributed by atoms with Crippen LogP contribution in [-0.2, 0) is 6.42 Å². The monoisotopic (exact) mass is 428 g/mol. The van der Waals surface area contributed by atoms with Crippen molar-refractivity contribution >= 4 is 28.4 Å². The quantitative estimate of drug-likeness (QED) is 0.305. The number of nitrogens with zero attached hydrogens (tertiary/aromatic N) is 3. The number of rotatable bonds is 7. The van der Waals surface area contributed by atoms with Gasteiger partial charge in [0.15, 0.2) is 4.87 Å². The summed E-state index contributed by atoms with van der Waals surface area (Å²) >= 11 is 5.92. The van der Waals surface area contributed by atoms with Crippen molar-refractivity contribution in [3.63, 3.8) is 0 Å². The number of hydrazine groups is 1. The fourth-order valence-corrected chi connectivity index (χ4v) is 3.86. The average molecular weight is 429 g/mol. The number of halogens is 1. The molecule has 0 aliphatic carbocycles. The molecule has 3 aromatic rings. The summed E-state index contributed by atoms with van der Waals surface area (Å²) in [5.74, 6) is -0.419. The van der Waals surface area contributed by atoms with E-state index in [0.29, 0.717) is 40.7 Å². The van der Waals surface area contributed by atoms with E-state index in [-0.39, 0.29) is 0 Å². The van der Waals surface area contributed by atoms with Crippen LogP contribution in [0.3, 0.4) is 0 Å². The third kappa shape index (κ3) is 4.44. The molecular formula is C21H23ClN5O3+. The topological polar surface area (TPSA) is 101 Å². The first kappa shape index (κ1) is 20.3. The van der Waals surface area contributed by atoms with Crippen LogP contribution < -0.4 is 5.32 Å². The van der Waals surface area contributed by atoms with Gasteiger partial charge in [-0.15, -0.1) is 5.01 Å². The highest BCUT2D eigenvalue weighted by atomic mass is 35.5. The highest BCUT2D eigenvalue weighted by Crippen LogP contribution is 2.19. The third-order valence-electron chi connectivity index (χ3n) is 5.28. The van der Waals surface area contributed by atoms with Gasteiger partial charge in [0.1, 0.15) is 16.9 Å². The minimum Gasteiger partial charge on any atom is -0.349 e.